The molecular formula is C15H13ClN2O. The summed E-state index contributed by atoms with van der Waals surface area (Å²) < 4.78 is 0. The second kappa shape index (κ2) is 4.59. The molecule has 1 heterocycles. The van der Waals surface area contributed by atoms with Gasteiger partial charge >= 0.3 is 0 Å². The van der Waals surface area contributed by atoms with Crippen LogP contribution in [0.4, 0.5) is 11.4 Å². The van der Waals surface area contributed by atoms with Gasteiger partial charge in [0.2, 0.25) is 0 Å². The Hall–Kier alpha value is -2.00. The molecule has 1 amide bonds. The number of hydrogen-bond donors (Lipinski definition) is 1. The van der Waals surface area contributed by atoms with Crippen LogP contribution in [0.2, 0.25) is 5.02 Å². The Balaban J connectivity index is 2.01. The van der Waals surface area contributed by atoms with Crippen LogP contribution < -0.4 is 10.6 Å². The maximum atomic E-state index is 12.5. The second-order valence-corrected chi connectivity index (χ2v) is 5.04. The number of amides is 1. The zero-order chi connectivity index (χ0) is 13.4. The summed E-state index contributed by atoms with van der Waals surface area (Å²) in [5.74, 6) is -0.0178. The monoisotopic (exact) mass is 272 g/mol. The third-order valence-electron chi connectivity index (χ3n) is 3.33. The molecule has 2 aromatic rings. The van der Waals surface area contributed by atoms with E-state index in [1.165, 1.54) is 0 Å². The molecule has 2 aromatic carbocycles. The van der Waals surface area contributed by atoms with Crippen LogP contribution in [-0.4, -0.2) is 12.5 Å². The van der Waals surface area contributed by atoms with Gasteiger partial charge in [-0.05, 0) is 42.3 Å². The molecule has 1 aliphatic heterocycles. The number of benzene rings is 2. The predicted molar refractivity (Wildman–Crippen MR) is 77.7 cm³/mol. The minimum Gasteiger partial charge on any atom is -0.399 e. The highest BCUT2D eigenvalue weighted by atomic mass is 35.5. The van der Waals surface area contributed by atoms with Crippen molar-refractivity contribution in [2.24, 2.45) is 0 Å². The Morgan fingerprint density at radius 3 is 2.79 bits per heavy atom. The average molecular weight is 273 g/mol. The summed E-state index contributed by atoms with van der Waals surface area (Å²) in [4.78, 5) is 14.3. The van der Waals surface area contributed by atoms with Crippen LogP contribution in [-0.2, 0) is 6.42 Å². The quantitative estimate of drug-likeness (QED) is 0.811. The molecule has 0 spiro atoms. The molecule has 0 atom stereocenters. The van der Waals surface area contributed by atoms with Gasteiger partial charge in [-0.2, -0.15) is 0 Å². The fourth-order valence-corrected chi connectivity index (χ4v) is 2.57. The van der Waals surface area contributed by atoms with Gasteiger partial charge in [0.25, 0.3) is 5.91 Å². The molecule has 3 nitrogen and oxygen atoms in total. The van der Waals surface area contributed by atoms with Crippen molar-refractivity contribution in [2.45, 2.75) is 6.42 Å². The van der Waals surface area contributed by atoms with Gasteiger partial charge in [-0.25, -0.2) is 0 Å². The third kappa shape index (κ3) is 2.17. The third-order valence-corrected chi connectivity index (χ3v) is 3.57. The molecule has 19 heavy (non-hydrogen) atoms. The average Bonchev–Trinajstić information content (AvgIpc) is 2.40. The molecule has 4 heteroatoms. The summed E-state index contributed by atoms with van der Waals surface area (Å²) in [6.45, 7) is 0.663. The van der Waals surface area contributed by atoms with Crippen molar-refractivity contribution in [3.8, 4) is 0 Å². The number of hydrogen-bond acceptors (Lipinski definition) is 2. The molecule has 3 rings (SSSR count). The number of carbonyl (C=O) groups is 1. The SMILES string of the molecule is Nc1ccc2c(c1)C(=O)N(c1cccc(Cl)c1)CC2. The van der Waals surface area contributed by atoms with Crippen molar-refractivity contribution >= 4 is 28.9 Å². The molecule has 0 fully saturated rings. The summed E-state index contributed by atoms with van der Waals surface area (Å²) >= 11 is 5.98. The zero-order valence-corrected chi connectivity index (χ0v) is 11.0. The first kappa shape index (κ1) is 12.1. The Labute approximate surface area is 116 Å². The fraction of sp³-hybridized carbons (Fsp3) is 0.133. The Kier molecular flexibility index (Phi) is 2.91. The lowest BCUT2D eigenvalue weighted by Gasteiger charge is -2.29. The molecule has 96 valence electrons. The summed E-state index contributed by atoms with van der Waals surface area (Å²) in [6, 6.07) is 12.8. The number of fused-ring (bicyclic) bond motifs is 1. The van der Waals surface area contributed by atoms with Crippen LogP contribution in [0, 0.1) is 0 Å². The van der Waals surface area contributed by atoms with Crippen LogP contribution in [0.1, 0.15) is 15.9 Å². The summed E-state index contributed by atoms with van der Waals surface area (Å²) in [6.07, 6.45) is 0.827. The molecule has 0 aliphatic carbocycles. The van der Waals surface area contributed by atoms with Gasteiger partial charge < -0.3 is 10.6 Å². The first-order valence-corrected chi connectivity index (χ1v) is 6.49. The largest absolute Gasteiger partial charge is 0.399 e. The van der Waals surface area contributed by atoms with Crippen molar-refractivity contribution < 1.29 is 4.79 Å². The Bertz CT molecular complexity index is 654. The highest BCUT2D eigenvalue weighted by molar-refractivity contribution is 6.31. The molecular weight excluding hydrogens is 260 g/mol. The van der Waals surface area contributed by atoms with E-state index < -0.39 is 0 Å². The van der Waals surface area contributed by atoms with Gasteiger partial charge in [0.15, 0.2) is 0 Å². The van der Waals surface area contributed by atoms with Crippen molar-refractivity contribution in [3.63, 3.8) is 0 Å². The van der Waals surface area contributed by atoms with Crippen molar-refractivity contribution in [1.82, 2.24) is 0 Å². The number of rotatable bonds is 1. The maximum absolute atomic E-state index is 12.5. The number of nitrogens with two attached hydrogens (primary N) is 1. The zero-order valence-electron chi connectivity index (χ0n) is 10.3. The van der Waals surface area contributed by atoms with E-state index in [-0.39, 0.29) is 5.91 Å². The highest BCUT2D eigenvalue weighted by Gasteiger charge is 2.25. The van der Waals surface area contributed by atoms with E-state index in [1.54, 1.807) is 23.1 Å². The number of anilines is 2. The molecule has 0 aromatic heterocycles. The summed E-state index contributed by atoms with van der Waals surface area (Å²) in [7, 11) is 0. The lowest BCUT2D eigenvalue weighted by Crippen LogP contribution is -2.37. The highest BCUT2D eigenvalue weighted by Crippen LogP contribution is 2.27. The van der Waals surface area contributed by atoms with E-state index in [2.05, 4.69) is 0 Å². The molecule has 1 aliphatic rings. The van der Waals surface area contributed by atoms with E-state index in [0.717, 1.165) is 17.7 Å². The van der Waals surface area contributed by atoms with Gasteiger partial charge in [-0.15, -0.1) is 0 Å². The Morgan fingerprint density at radius 1 is 1.16 bits per heavy atom. The van der Waals surface area contributed by atoms with E-state index in [0.29, 0.717) is 22.8 Å². The summed E-state index contributed by atoms with van der Waals surface area (Å²) in [5.41, 5.74) is 8.94. The summed E-state index contributed by atoms with van der Waals surface area (Å²) in [5, 5.41) is 0.628. The molecule has 0 saturated carbocycles. The molecule has 0 radical (unpaired) electrons. The molecule has 0 bridgehead atoms. The Morgan fingerprint density at radius 2 is 2.00 bits per heavy atom. The standard InChI is InChI=1S/C15H13ClN2O/c16-11-2-1-3-13(8-11)18-7-6-10-4-5-12(17)9-14(10)15(18)19/h1-5,8-9H,6-7,17H2. The molecule has 2 N–H and O–H groups in total. The van der Waals surface area contributed by atoms with E-state index in [9.17, 15) is 4.79 Å². The second-order valence-electron chi connectivity index (χ2n) is 4.60. The first-order chi connectivity index (χ1) is 9.15. The van der Waals surface area contributed by atoms with Gasteiger partial charge in [-0.3, -0.25) is 4.79 Å². The van der Waals surface area contributed by atoms with Crippen LogP contribution in [0.25, 0.3) is 0 Å². The van der Waals surface area contributed by atoms with Crippen molar-refractivity contribution in [2.75, 3.05) is 17.2 Å². The van der Waals surface area contributed by atoms with Crippen LogP contribution in [0.3, 0.4) is 0 Å². The number of nitrogens with zero attached hydrogens (tertiary/aromatic N) is 1. The first-order valence-electron chi connectivity index (χ1n) is 6.11. The lowest BCUT2D eigenvalue weighted by molar-refractivity contribution is 0.0980. The minimum atomic E-state index is -0.0178. The number of halogens is 1. The van der Waals surface area contributed by atoms with Crippen molar-refractivity contribution in [1.29, 1.82) is 0 Å². The van der Waals surface area contributed by atoms with Crippen molar-refractivity contribution in [3.05, 3.63) is 58.6 Å². The minimum absolute atomic E-state index is 0.0178. The van der Waals surface area contributed by atoms with Gasteiger partial charge in [0.1, 0.15) is 0 Å². The normalized spacial score (nSPS) is 14.4. The number of nitrogen functional groups attached to an aromatic ring is 1. The lowest BCUT2D eigenvalue weighted by atomic mass is 9.98. The van der Waals surface area contributed by atoms with Gasteiger partial charge in [-0.1, -0.05) is 23.7 Å². The van der Waals surface area contributed by atoms with Crippen LogP contribution in [0.15, 0.2) is 42.5 Å². The van der Waals surface area contributed by atoms with Gasteiger partial charge in [0.05, 0.1) is 0 Å². The van der Waals surface area contributed by atoms with E-state index in [1.807, 2.05) is 24.3 Å². The maximum Gasteiger partial charge on any atom is 0.258 e. The molecule has 0 saturated heterocycles. The van der Waals surface area contributed by atoms with E-state index >= 15 is 0 Å². The number of carbonyl (C=O) groups excluding carboxylic acids is 1. The van der Waals surface area contributed by atoms with Gasteiger partial charge in [0, 0.05) is 28.5 Å². The van der Waals surface area contributed by atoms with Crippen LogP contribution >= 0.6 is 11.6 Å². The fourth-order valence-electron chi connectivity index (χ4n) is 2.38. The molecule has 0 unspecified atom stereocenters. The predicted octanol–water partition coefficient (Wildman–Crippen LogP) is 3.13. The topological polar surface area (TPSA) is 46.3 Å². The van der Waals surface area contributed by atoms with E-state index in [4.69, 9.17) is 17.3 Å². The smallest absolute Gasteiger partial charge is 0.258 e. The van der Waals surface area contributed by atoms with Crippen LogP contribution in [0.5, 0.6) is 0 Å².